The van der Waals surface area contributed by atoms with Crippen molar-refractivity contribution >= 4 is 11.6 Å². The lowest BCUT2D eigenvalue weighted by atomic mass is 9.92. The molecule has 1 saturated carbocycles. The third-order valence-corrected chi connectivity index (χ3v) is 6.24. The van der Waals surface area contributed by atoms with Crippen molar-refractivity contribution in [2.45, 2.75) is 85.6 Å². The Morgan fingerprint density at radius 2 is 1.88 bits per heavy atom. The number of nitrogens with one attached hydrogen (secondary N) is 1. The quantitative estimate of drug-likeness (QED) is 0.384. The predicted molar refractivity (Wildman–Crippen MR) is 134 cm³/mol. The topological polar surface area (TPSA) is 85.8 Å². The molecule has 0 unspecified atom stereocenters. The van der Waals surface area contributed by atoms with Crippen LogP contribution in [0.3, 0.4) is 0 Å². The fraction of sp³-hybridized carbons (Fsp3) is 0.556. The van der Waals surface area contributed by atoms with Gasteiger partial charge in [-0.05, 0) is 56.6 Å². The Morgan fingerprint density at radius 3 is 2.53 bits per heavy atom. The Bertz CT molecular complexity index is 1140. The molecule has 0 radical (unpaired) electrons. The Morgan fingerprint density at radius 1 is 1.12 bits per heavy atom. The van der Waals surface area contributed by atoms with Crippen LogP contribution in [0.2, 0.25) is 0 Å². The van der Waals surface area contributed by atoms with Crippen LogP contribution in [0.4, 0.5) is 5.69 Å². The first-order valence-electron chi connectivity index (χ1n) is 12.5. The van der Waals surface area contributed by atoms with Crippen LogP contribution in [-0.2, 0) is 11.2 Å². The summed E-state index contributed by atoms with van der Waals surface area (Å²) < 4.78 is 7.79. The fourth-order valence-corrected chi connectivity index (χ4v) is 4.59. The fourth-order valence-electron chi connectivity index (χ4n) is 4.59. The second-order valence-electron chi connectivity index (χ2n) is 10.7. The summed E-state index contributed by atoms with van der Waals surface area (Å²) in [6.45, 7) is 12.8. The number of nitrogens with zero attached hydrogens (tertiary/aromatic N) is 4. The van der Waals surface area contributed by atoms with E-state index in [0.717, 1.165) is 60.0 Å². The molecule has 0 aliphatic heterocycles. The van der Waals surface area contributed by atoms with Crippen molar-refractivity contribution in [3.8, 4) is 11.5 Å². The first-order valence-corrected chi connectivity index (χ1v) is 12.5. The highest BCUT2D eigenvalue weighted by molar-refractivity contribution is 5.92. The molecule has 34 heavy (non-hydrogen) atoms. The third kappa shape index (κ3) is 5.75. The van der Waals surface area contributed by atoms with Gasteiger partial charge in [-0.15, -0.1) is 10.2 Å². The van der Waals surface area contributed by atoms with E-state index in [2.05, 4.69) is 65.9 Å². The molecule has 3 aromatic rings. The number of rotatable bonds is 10. The molecule has 1 atom stereocenters. The minimum absolute atomic E-state index is 0.00477. The van der Waals surface area contributed by atoms with E-state index >= 15 is 0 Å². The average Bonchev–Trinajstić information content (AvgIpc) is 3.32. The van der Waals surface area contributed by atoms with Crippen molar-refractivity contribution in [1.29, 1.82) is 0 Å². The number of anilines is 1. The summed E-state index contributed by atoms with van der Waals surface area (Å²) in [5.74, 6) is 3.40. The van der Waals surface area contributed by atoms with Crippen molar-refractivity contribution < 1.29 is 9.32 Å². The maximum atomic E-state index is 13.1. The Labute approximate surface area is 202 Å². The zero-order valence-electron chi connectivity index (χ0n) is 21.3. The van der Waals surface area contributed by atoms with Gasteiger partial charge in [0.05, 0.1) is 0 Å². The van der Waals surface area contributed by atoms with Gasteiger partial charge in [0, 0.05) is 36.6 Å². The van der Waals surface area contributed by atoms with Crippen LogP contribution in [-0.4, -0.2) is 25.8 Å². The van der Waals surface area contributed by atoms with Gasteiger partial charge in [-0.2, -0.15) is 0 Å². The molecule has 182 valence electrons. The minimum atomic E-state index is -0.0189. The molecule has 0 spiro atoms. The molecule has 7 heteroatoms. The highest BCUT2D eigenvalue weighted by Crippen LogP contribution is 2.42. The van der Waals surface area contributed by atoms with E-state index in [9.17, 15) is 4.79 Å². The van der Waals surface area contributed by atoms with Crippen LogP contribution in [0.25, 0.3) is 11.5 Å². The van der Waals surface area contributed by atoms with Gasteiger partial charge in [0.25, 0.3) is 0 Å². The first-order chi connectivity index (χ1) is 16.2. The summed E-state index contributed by atoms with van der Waals surface area (Å²) in [6.07, 6.45) is 4.26. The molecule has 1 aliphatic rings. The molecular weight excluding hydrogens is 426 g/mol. The van der Waals surface area contributed by atoms with E-state index in [4.69, 9.17) is 4.52 Å². The van der Waals surface area contributed by atoms with Gasteiger partial charge >= 0.3 is 0 Å². The maximum absolute atomic E-state index is 13.1. The summed E-state index contributed by atoms with van der Waals surface area (Å²) in [6, 6.07) is 8.43. The number of hydrogen-bond acceptors (Lipinski definition) is 5. The monoisotopic (exact) mass is 463 g/mol. The van der Waals surface area contributed by atoms with Gasteiger partial charge < -0.3 is 14.4 Å². The van der Waals surface area contributed by atoms with Gasteiger partial charge in [-0.1, -0.05) is 50.5 Å². The summed E-state index contributed by atoms with van der Waals surface area (Å²) >= 11 is 0. The van der Waals surface area contributed by atoms with Gasteiger partial charge in [0.2, 0.25) is 5.91 Å². The van der Waals surface area contributed by atoms with E-state index in [0.29, 0.717) is 24.3 Å². The van der Waals surface area contributed by atoms with Crippen molar-refractivity contribution in [2.24, 2.45) is 11.8 Å². The minimum Gasteiger partial charge on any atom is -0.361 e. The van der Waals surface area contributed by atoms with E-state index < -0.39 is 0 Å². The molecule has 1 amide bonds. The van der Waals surface area contributed by atoms with E-state index in [1.54, 1.807) is 0 Å². The maximum Gasteiger partial charge on any atom is 0.225 e. The average molecular weight is 464 g/mol. The van der Waals surface area contributed by atoms with Gasteiger partial charge in [0.1, 0.15) is 11.6 Å². The summed E-state index contributed by atoms with van der Waals surface area (Å²) in [5, 5.41) is 16.6. The second-order valence-corrected chi connectivity index (χ2v) is 10.7. The molecular formula is C27H37N5O2. The Kier molecular flexibility index (Phi) is 7.19. The van der Waals surface area contributed by atoms with Gasteiger partial charge in [0.15, 0.2) is 11.5 Å². The lowest BCUT2D eigenvalue weighted by Crippen LogP contribution is -2.20. The number of benzene rings is 1. The number of carbonyl (C=O) groups excluding carboxylic acids is 1. The predicted octanol–water partition coefficient (Wildman–Crippen LogP) is 6.24. The van der Waals surface area contributed by atoms with E-state index in [1.165, 1.54) is 5.56 Å². The molecule has 1 fully saturated rings. The Balaban J connectivity index is 1.60. The summed E-state index contributed by atoms with van der Waals surface area (Å²) in [7, 11) is 0. The van der Waals surface area contributed by atoms with Crippen molar-refractivity contribution in [3.63, 3.8) is 0 Å². The molecule has 4 rings (SSSR count). The van der Waals surface area contributed by atoms with Crippen LogP contribution in [0.15, 0.2) is 28.8 Å². The normalized spacial score (nSPS) is 14.7. The molecule has 1 N–H and O–H groups in total. The summed E-state index contributed by atoms with van der Waals surface area (Å²) in [4.78, 5) is 13.1. The summed E-state index contributed by atoms with van der Waals surface area (Å²) in [5.41, 5.74) is 3.84. The molecule has 1 aromatic carbocycles. The molecule has 0 bridgehead atoms. The van der Waals surface area contributed by atoms with E-state index in [-0.39, 0.29) is 11.8 Å². The number of hydrogen-bond donors (Lipinski definition) is 1. The van der Waals surface area contributed by atoms with Crippen LogP contribution >= 0.6 is 0 Å². The highest BCUT2D eigenvalue weighted by Gasteiger charge is 2.34. The van der Waals surface area contributed by atoms with Crippen LogP contribution < -0.4 is 5.32 Å². The highest BCUT2D eigenvalue weighted by atomic mass is 16.5. The van der Waals surface area contributed by atoms with Crippen molar-refractivity contribution in [3.05, 3.63) is 47.0 Å². The number of amides is 1. The van der Waals surface area contributed by atoms with Gasteiger partial charge in [-0.3, -0.25) is 4.79 Å². The zero-order chi connectivity index (χ0) is 24.4. The SMILES string of the molecule is Cc1ccc(NC(=O)C[C@H](CC(C)C)c2nnc(-c3cc(CC(C)C)on3)n2C2CC2)c(C)c1. The molecule has 0 saturated heterocycles. The van der Waals surface area contributed by atoms with E-state index in [1.807, 2.05) is 25.1 Å². The van der Waals surface area contributed by atoms with Crippen molar-refractivity contribution in [2.75, 3.05) is 5.32 Å². The number of aryl methyl sites for hydroxylation is 2. The van der Waals surface area contributed by atoms with Crippen LogP contribution in [0, 0.1) is 25.7 Å². The molecule has 1 aliphatic carbocycles. The number of carbonyl (C=O) groups is 1. The zero-order valence-corrected chi connectivity index (χ0v) is 21.3. The molecule has 2 heterocycles. The smallest absolute Gasteiger partial charge is 0.225 e. The lowest BCUT2D eigenvalue weighted by Gasteiger charge is -2.20. The van der Waals surface area contributed by atoms with Crippen LogP contribution in [0.5, 0.6) is 0 Å². The number of aromatic nitrogens is 4. The second kappa shape index (κ2) is 10.1. The lowest BCUT2D eigenvalue weighted by molar-refractivity contribution is -0.116. The largest absolute Gasteiger partial charge is 0.361 e. The Hall–Kier alpha value is -2.96. The van der Waals surface area contributed by atoms with Gasteiger partial charge in [-0.25, -0.2) is 0 Å². The first kappa shape index (κ1) is 24.2. The van der Waals surface area contributed by atoms with Crippen molar-refractivity contribution in [1.82, 2.24) is 19.9 Å². The molecule has 2 aromatic heterocycles. The standard InChI is InChI=1S/C27H37N5O2/c1-16(2)11-20(14-25(33)28-23-10-7-18(5)13-19(23)6)26-29-30-27(32(26)21-8-9-21)24-15-22(34-31-24)12-17(3)4/h7,10,13,15-17,20-21H,8-9,11-12,14H2,1-6H3,(H,28,33)/t20-/m0/s1. The molecule has 7 nitrogen and oxygen atoms in total. The third-order valence-electron chi connectivity index (χ3n) is 6.24. The van der Waals surface area contributed by atoms with Crippen LogP contribution in [0.1, 0.15) is 88.0 Å².